The number of likely N-dealkylation sites (N-methyl/N-ethyl adjacent to an activating group) is 1. The third kappa shape index (κ3) is 4.20. The number of hydrogen-bond donors (Lipinski definition) is 1. The molecular formula is C19H21FN2O2S. The van der Waals surface area contributed by atoms with Crippen LogP contribution < -0.4 is 14.8 Å². The van der Waals surface area contributed by atoms with Crippen LogP contribution in [0.5, 0.6) is 11.5 Å². The Morgan fingerprint density at radius 1 is 1.28 bits per heavy atom. The Kier molecular flexibility index (Phi) is 5.38. The Labute approximate surface area is 152 Å². The van der Waals surface area contributed by atoms with Crippen molar-refractivity contribution in [1.29, 1.82) is 0 Å². The van der Waals surface area contributed by atoms with Gasteiger partial charge in [0.05, 0.1) is 6.54 Å². The van der Waals surface area contributed by atoms with Gasteiger partial charge in [-0.2, -0.15) is 0 Å². The second-order valence-electron chi connectivity index (χ2n) is 5.93. The van der Waals surface area contributed by atoms with Crippen molar-refractivity contribution < 1.29 is 13.9 Å². The van der Waals surface area contributed by atoms with Gasteiger partial charge in [-0.1, -0.05) is 18.2 Å². The first-order chi connectivity index (χ1) is 12.1. The number of anilines is 1. The molecule has 0 unspecified atom stereocenters. The molecule has 6 heteroatoms. The predicted octanol–water partition coefficient (Wildman–Crippen LogP) is 3.99. The number of nitrogens with one attached hydrogen (secondary N) is 1. The first kappa shape index (κ1) is 17.5. The van der Waals surface area contributed by atoms with Gasteiger partial charge >= 0.3 is 0 Å². The molecule has 0 amide bonds. The number of thiocarbonyl (C=S) groups is 1. The molecule has 0 aliphatic carbocycles. The van der Waals surface area contributed by atoms with Crippen molar-refractivity contribution in [2.24, 2.45) is 0 Å². The third-order valence-corrected chi connectivity index (χ3v) is 4.44. The summed E-state index contributed by atoms with van der Waals surface area (Å²) in [7, 11) is 0. The predicted molar refractivity (Wildman–Crippen MR) is 101 cm³/mol. The Morgan fingerprint density at radius 3 is 2.76 bits per heavy atom. The monoisotopic (exact) mass is 360 g/mol. The first-order valence-corrected chi connectivity index (χ1v) is 8.68. The van der Waals surface area contributed by atoms with Gasteiger partial charge in [0.2, 0.25) is 0 Å². The lowest BCUT2D eigenvalue weighted by Gasteiger charge is -2.32. The van der Waals surface area contributed by atoms with Crippen molar-refractivity contribution in [3.05, 3.63) is 53.8 Å². The number of halogens is 1. The highest BCUT2D eigenvalue weighted by atomic mass is 32.1. The molecule has 0 saturated carbocycles. The summed E-state index contributed by atoms with van der Waals surface area (Å²) >= 11 is 5.48. The summed E-state index contributed by atoms with van der Waals surface area (Å²) in [5.41, 5.74) is 1.24. The lowest BCUT2D eigenvalue weighted by molar-refractivity contribution is 0.0754. The molecule has 0 saturated heterocycles. The fourth-order valence-electron chi connectivity index (χ4n) is 2.63. The van der Waals surface area contributed by atoms with Crippen LogP contribution in [0.1, 0.15) is 12.5 Å². The number of benzene rings is 2. The number of nitrogens with zero attached hydrogens (tertiary/aromatic N) is 1. The summed E-state index contributed by atoms with van der Waals surface area (Å²) in [6, 6.07) is 12.6. The van der Waals surface area contributed by atoms with E-state index in [2.05, 4.69) is 5.32 Å². The van der Waals surface area contributed by atoms with E-state index < -0.39 is 0 Å². The average molecular weight is 360 g/mol. The Hall–Kier alpha value is -2.34. The van der Waals surface area contributed by atoms with E-state index in [-0.39, 0.29) is 11.9 Å². The Balaban J connectivity index is 1.62. The fourth-order valence-corrected chi connectivity index (χ4v) is 2.95. The van der Waals surface area contributed by atoms with Gasteiger partial charge in [-0.25, -0.2) is 4.39 Å². The molecule has 132 valence electrons. The van der Waals surface area contributed by atoms with Gasteiger partial charge in [0.1, 0.15) is 12.4 Å². The molecular weight excluding hydrogens is 339 g/mol. The van der Waals surface area contributed by atoms with Crippen LogP contribution in [0, 0.1) is 12.7 Å². The van der Waals surface area contributed by atoms with E-state index in [4.69, 9.17) is 21.7 Å². The lowest BCUT2D eigenvalue weighted by atomic mass is 10.2. The van der Waals surface area contributed by atoms with E-state index >= 15 is 0 Å². The molecule has 4 nitrogen and oxygen atoms in total. The molecule has 1 aliphatic heterocycles. The Bertz CT molecular complexity index is 769. The maximum Gasteiger partial charge on any atom is 0.173 e. The molecule has 0 spiro atoms. The van der Waals surface area contributed by atoms with E-state index in [1.54, 1.807) is 13.0 Å². The SMILES string of the molecule is CCN(C[C@@H]1COc2ccccc2O1)C(=S)Nc1ccc(C)c(F)c1. The minimum atomic E-state index is -0.253. The van der Waals surface area contributed by atoms with Crippen LogP contribution in [0.4, 0.5) is 10.1 Å². The fraction of sp³-hybridized carbons (Fsp3) is 0.316. The molecule has 1 N–H and O–H groups in total. The lowest BCUT2D eigenvalue weighted by Crippen LogP contribution is -2.45. The van der Waals surface area contributed by atoms with Crippen molar-refractivity contribution >= 4 is 23.0 Å². The van der Waals surface area contributed by atoms with Gasteiger partial charge in [-0.3, -0.25) is 0 Å². The highest BCUT2D eigenvalue weighted by Crippen LogP contribution is 2.31. The van der Waals surface area contributed by atoms with Gasteiger partial charge < -0.3 is 19.7 Å². The minimum Gasteiger partial charge on any atom is -0.486 e. The summed E-state index contributed by atoms with van der Waals surface area (Å²) in [5.74, 6) is 1.25. The number of ether oxygens (including phenoxy) is 2. The number of para-hydroxylation sites is 2. The summed E-state index contributed by atoms with van der Waals surface area (Å²) in [5, 5.41) is 3.63. The van der Waals surface area contributed by atoms with E-state index in [0.29, 0.717) is 36.1 Å². The molecule has 0 bridgehead atoms. The van der Waals surface area contributed by atoms with Gasteiger partial charge in [-0.05, 0) is 55.9 Å². The maximum absolute atomic E-state index is 13.7. The average Bonchev–Trinajstić information content (AvgIpc) is 2.62. The second kappa shape index (κ2) is 7.70. The topological polar surface area (TPSA) is 33.7 Å². The molecule has 1 heterocycles. The zero-order valence-corrected chi connectivity index (χ0v) is 15.1. The maximum atomic E-state index is 13.7. The van der Waals surface area contributed by atoms with Crippen LogP contribution in [0.2, 0.25) is 0 Å². The number of hydrogen-bond acceptors (Lipinski definition) is 3. The molecule has 2 aromatic carbocycles. The van der Waals surface area contributed by atoms with Crippen LogP contribution in [0.15, 0.2) is 42.5 Å². The van der Waals surface area contributed by atoms with Gasteiger partial charge in [0.15, 0.2) is 22.7 Å². The molecule has 1 atom stereocenters. The van der Waals surface area contributed by atoms with Crippen molar-refractivity contribution in [1.82, 2.24) is 4.90 Å². The third-order valence-electron chi connectivity index (χ3n) is 4.08. The normalized spacial score (nSPS) is 15.6. The van der Waals surface area contributed by atoms with Crippen molar-refractivity contribution in [2.45, 2.75) is 20.0 Å². The summed E-state index contributed by atoms with van der Waals surface area (Å²) in [6.07, 6.45) is -0.121. The molecule has 0 fully saturated rings. The Morgan fingerprint density at radius 2 is 2.04 bits per heavy atom. The highest BCUT2D eigenvalue weighted by molar-refractivity contribution is 7.80. The van der Waals surface area contributed by atoms with E-state index in [9.17, 15) is 4.39 Å². The summed E-state index contributed by atoms with van der Waals surface area (Å²) in [6.45, 7) is 5.51. The molecule has 0 aromatic heterocycles. The van der Waals surface area contributed by atoms with Crippen LogP contribution in [0.25, 0.3) is 0 Å². The van der Waals surface area contributed by atoms with E-state index in [0.717, 1.165) is 11.5 Å². The molecule has 0 radical (unpaired) electrons. The number of rotatable bonds is 4. The smallest absolute Gasteiger partial charge is 0.173 e. The number of fused-ring (bicyclic) bond motifs is 1. The van der Waals surface area contributed by atoms with Crippen LogP contribution >= 0.6 is 12.2 Å². The number of aryl methyl sites for hydroxylation is 1. The van der Waals surface area contributed by atoms with Crippen LogP contribution in [-0.2, 0) is 0 Å². The van der Waals surface area contributed by atoms with E-state index in [1.165, 1.54) is 6.07 Å². The van der Waals surface area contributed by atoms with Crippen LogP contribution in [-0.4, -0.2) is 35.8 Å². The highest BCUT2D eigenvalue weighted by Gasteiger charge is 2.23. The van der Waals surface area contributed by atoms with Crippen molar-refractivity contribution in [3.8, 4) is 11.5 Å². The van der Waals surface area contributed by atoms with Gasteiger partial charge in [0.25, 0.3) is 0 Å². The molecule has 1 aliphatic rings. The van der Waals surface area contributed by atoms with Gasteiger partial charge in [0, 0.05) is 12.2 Å². The summed E-state index contributed by atoms with van der Waals surface area (Å²) in [4.78, 5) is 1.98. The van der Waals surface area contributed by atoms with Gasteiger partial charge in [-0.15, -0.1) is 0 Å². The van der Waals surface area contributed by atoms with E-state index in [1.807, 2.05) is 42.2 Å². The van der Waals surface area contributed by atoms with Crippen molar-refractivity contribution in [2.75, 3.05) is 25.0 Å². The van der Waals surface area contributed by atoms with Crippen molar-refractivity contribution in [3.63, 3.8) is 0 Å². The summed E-state index contributed by atoms with van der Waals surface area (Å²) < 4.78 is 25.4. The minimum absolute atomic E-state index is 0.121. The zero-order valence-electron chi connectivity index (χ0n) is 14.3. The first-order valence-electron chi connectivity index (χ1n) is 8.27. The van der Waals surface area contributed by atoms with Crippen LogP contribution in [0.3, 0.4) is 0 Å². The largest absolute Gasteiger partial charge is 0.486 e. The standard InChI is InChI=1S/C19H21FN2O2S/c1-3-22(19(25)21-14-9-8-13(2)16(20)10-14)11-15-12-23-17-6-4-5-7-18(17)24-15/h4-10,15H,3,11-12H2,1-2H3,(H,21,25)/t15-/m1/s1. The quantitative estimate of drug-likeness (QED) is 0.834. The second-order valence-corrected chi connectivity index (χ2v) is 6.32. The molecule has 2 aromatic rings. The molecule has 3 rings (SSSR count). The zero-order chi connectivity index (χ0) is 17.8. The molecule has 25 heavy (non-hydrogen) atoms.